The van der Waals surface area contributed by atoms with Gasteiger partial charge < -0.3 is 19.7 Å². The van der Waals surface area contributed by atoms with E-state index in [1.54, 1.807) is 7.11 Å². The van der Waals surface area contributed by atoms with Crippen molar-refractivity contribution < 1.29 is 14.3 Å². The molecule has 5 nitrogen and oxygen atoms in total. The number of carbonyl (C=O) groups is 1. The lowest BCUT2D eigenvalue weighted by atomic mass is 9.84. The van der Waals surface area contributed by atoms with Crippen molar-refractivity contribution in [3.05, 3.63) is 29.8 Å². The number of morpholine rings is 1. The van der Waals surface area contributed by atoms with E-state index in [4.69, 9.17) is 9.47 Å². The molecule has 2 atom stereocenters. The van der Waals surface area contributed by atoms with E-state index in [1.165, 1.54) is 11.3 Å². The van der Waals surface area contributed by atoms with Crippen LogP contribution in [-0.2, 0) is 20.7 Å². The van der Waals surface area contributed by atoms with Gasteiger partial charge in [0.2, 0.25) is 5.91 Å². The lowest BCUT2D eigenvalue weighted by Crippen LogP contribution is -2.56. The van der Waals surface area contributed by atoms with Gasteiger partial charge in [0.1, 0.15) is 0 Å². The second-order valence-corrected chi connectivity index (χ2v) is 5.56. The van der Waals surface area contributed by atoms with Crippen LogP contribution in [0.2, 0.25) is 0 Å². The third-order valence-electron chi connectivity index (χ3n) is 4.31. The number of benzene rings is 1. The minimum Gasteiger partial charge on any atom is -0.383 e. The highest BCUT2D eigenvalue weighted by atomic mass is 16.5. The lowest BCUT2D eigenvalue weighted by molar-refractivity contribution is -0.127. The smallest absolute Gasteiger partial charge is 0.225 e. The Hall–Kier alpha value is -1.59. The molecule has 1 aromatic rings. The Morgan fingerprint density at radius 3 is 3.19 bits per heavy atom. The van der Waals surface area contributed by atoms with Crippen molar-refractivity contribution >= 4 is 11.6 Å². The molecule has 0 radical (unpaired) electrons. The fourth-order valence-electron chi connectivity index (χ4n) is 3.27. The first-order chi connectivity index (χ1) is 10.3. The van der Waals surface area contributed by atoms with Gasteiger partial charge in [-0.05, 0) is 18.1 Å². The SMILES string of the molecule is COCCNC(=O)[C@H]1Cc2ccccc2N2CCOC[C@H]12. The molecule has 0 saturated carbocycles. The van der Waals surface area contributed by atoms with Crippen molar-refractivity contribution in [3.63, 3.8) is 0 Å². The van der Waals surface area contributed by atoms with Gasteiger partial charge in [0.05, 0.1) is 31.8 Å². The van der Waals surface area contributed by atoms with Gasteiger partial charge in [-0.2, -0.15) is 0 Å². The summed E-state index contributed by atoms with van der Waals surface area (Å²) in [7, 11) is 1.64. The van der Waals surface area contributed by atoms with Crippen LogP contribution in [0, 0.1) is 5.92 Å². The normalized spacial score (nSPS) is 24.1. The zero-order valence-electron chi connectivity index (χ0n) is 12.4. The molecular weight excluding hydrogens is 268 g/mol. The predicted molar refractivity (Wildman–Crippen MR) is 80.5 cm³/mol. The van der Waals surface area contributed by atoms with Gasteiger partial charge in [0.15, 0.2) is 0 Å². The molecule has 3 rings (SSSR count). The van der Waals surface area contributed by atoms with Gasteiger partial charge in [-0.1, -0.05) is 18.2 Å². The third-order valence-corrected chi connectivity index (χ3v) is 4.31. The van der Waals surface area contributed by atoms with Crippen molar-refractivity contribution in [2.24, 2.45) is 5.92 Å². The summed E-state index contributed by atoms with van der Waals surface area (Å²) in [5, 5.41) is 2.97. The number of ether oxygens (including phenoxy) is 2. The molecule has 0 aliphatic carbocycles. The average Bonchev–Trinajstić information content (AvgIpc) is 2.54. The maximum absolute atomic E-state index is 12.5. The molecule has 5 heteroatoms. The summed E-state index contributed by atoms with van der Waals surface area (Å²) in [5.41, 5.74) is 2.51. The Morgan fingerprint density at radius 1 is 1.48 bits per heavy atom. The number of anilines is 1. The average molecular weight is 290 g/mol. The first-order valence-corrected chi connectivity index (χ1v) is 7.50. The van der Waals surface area contributed by atoms with Crippen molar-refractivity contribution in [2.45, 2.75) is 12.5 Å². The van der Waals surface area contributed by atoms with Gasteiger partial charge >= 0.3 is 0 Å². The fourth-order valence-corrected chi connectivity index (χ4v) is 3.27. The summed E-state index contributed by atoms with van der Waals surface area (Å²) in [6.07, 6.45) is 0.777. The van der Waals surface area contributed by atoms with Crippen molar-refractivity contribution in [3.8, 4) is 0 Å². The monoisotopic (exact) mass is 290 g/mol. The van der Waals surface area contributed by atoms with Crippen LogP contribution in [0.5, 0.6) is 0 Å². The highest BCUT2D eigenvalue weighted by Crippen LogP contribution is 2.35. The summed E-state index contributed by atoms with van der Waals surface area (Å²) in [6.45, 7) is 3.30. The molecule has 0 unspecified atom stereocenters. The molecule has 1 fully saturated rings. The standard InChI is InChI=1S/C16H22N2O3/c1-20-8-6-17-16(19)13-10-12-4-2-3-5-14(12)18-7-9-21-11-15(13)18/h2-5,13,15H,6-11H2,1H3,(H,17,19)/t13-,15+/m0/s1. The predicted octanol–water partition coefficient (Wildman–Crippen LogP) is 0.827. The quantitative estimate of drug-likeness (QED) is 0.835. The Balaban J connectivity index is 1.80. The first kappa shape index (κ1) is 14.4. The zero-order valence-corrected chi connectivity index (χ0v) is 12.4. The van der Waals surface area contributed by atoms with E-state index >= 15 is 0 Å². The van der Waals surface area contributed by atoms with E-state index in [0.29, 0.717) is 19.8 Å². The maximum atomic E-state index is 12.5. The lowest BCUT2D eigenvalue weighted by Gasteiger charge is -2.45. The third kappa shape index (κ3) is 2.89. The molecule has 0 spiro atoms. The minimum absolute atomic E-state index is 0.0583. The number of fused-ring (bicyclic) bond motifs is 3. The number of nitrogens with one attached hydrogen (secondary N) is 1. The molecule has 21 heavy (non-hydrogen) atoms. The number of para-hydroxylation sites is 1. The van der Waals surface area contributed by atoms with E-state index in [9.17, 15) is 4.79 Å². The van der Waals surface area contributed by atoms with Gasteiger partial charge in [-0.3, -0.25) is 4.79 Å². The molecule has 1 amide bonds. The number of rotatable bonds is 4. The summed E-state index contributed by atoms with van der Waals surface area (Å²) in [4.78, 5) is 14.8. The first-order valence-electron chi connectivity index (χ1n) is 7.50. The highest BCUT2D eigenvalue weighted by molar-refractivity contribution is 5.82. The molecule has 0 aromatic heterocycles. The number of amides is 1. The molecule has 2 aliphatic heterocycles. The Bertz CT molecular complexity index is 506. The van der Waals surface area contributed by atoms with Crippen LogP contribution in [0.25, 0.3) is 0 Å². The molecule has 114 valence electrons. The Morgan fingerprint density at radius 2 is 2.33 bits per heavy atom. The van der Waals surface area contributed by atoms with E-state index in [1.807, 2.05) is 6.07 Å². The van der Waals surface area contributed by atoms with Crippen molar-refractivity contribution in [2.75, 3.05) is 44.9 Å². The highest BCUT2D eigenvalue weighted by Gasteiger charge is 2.39. The van der Waals surface area contributed by atoms with Crippen LogP contribution in [0.4, 0.5) is 5.69 Å². The Kier molecular flexibility index (Phi) is 4.41. The van der Waals surface area contributed by atoms with E-state index in [2.05, 4.69) is 28.4 Å². The van der Waals surface area contributed by atoms with E-state index in [-0.39, 0.29) is 17.9 Å². The van der Waals surface area contributed by atoms with Gasteiger partial charge in [-0.25, -0.2) is 0 Å². The maximum Gasteiger partial charge on any atom is 0.225 e. The number of nitrogens with zero attached hydrogens (tertiary/aromatic N) is 1. The molecular formula is C16H22N2O3. The van der Waals surface area contributed by atoms with Crippen molar-refractivity contribution in [1.82, 2.24) is 5.32 Å². The largest absolute Gasteiger partial charge is 0.383 e. The summed E-state index contributed by atoms with van der Waals surface area (Å²) in [5.74, 6) is 0.0408. The van der Waals surface area contributed by atoms with Crippen LogP contribution in [0.15, 0.2) is 24.3 Å². The minimum atomic E-state index is -0.0583. The van der Waals surface area contributed by atoms with Gasteiger partial charge in [0.25, 0.3) is 0 Å². The van der Waals surface area contributed by atoms with Gasteiger partial charge in [-0.15, -0.1) is 0 Å². The molecule has 2 heterocycles. The van der Waals surface area contributed by atoms with Crippen molar-refractivity contribution in [1.29, 1.82) is 0 Å². The summed E-state index contributed by atoms with van der Waals surface area (Å²) in [6, 6.07) is 8.50. The zero-order chi connectivity index (χ0) is 14.7. The number of hydrogen-bond acceptors (Lipinski definition) is 4. The van der Waals surface area contributed by atoms with Crippen LogP contribution in [0.1, 0.15) is 5.56 Å². The molecule has 1 aromatic carbocycles. The topological polar surface area (TPSA) is 50.8 Å². The number of methoxy groups -OCH3 is 1. The number of hydrogen-bond donors (Lipinski definition) is 1. The Labute approximate surface area is 125 Å². The van der Waals surface area contributed by atoms with Crippen LogP contribution in [-0.4, -0.2) is 52.0 Å². The second-order valence-electron chi connectivity index (χ2n) is 5.56. The van der Waals surface area contributed by atoms with E-state index in [0.717, 1.165) is 19.6 Å². The van der Waals surface area contributed by atoms with E-state index < -0.39 is 0 Å². The molecule has 1 saturated heterocycles. The molecule has 2 aliphatic rings. The second kappa shape index (κ2) is 6.45. The van der Waals surface area contributed by atoms with Crippen LogP contribution in [0.3, 0.4) is 0 Å². The molecule has 1 N–H and O–H groups in total. The number of carbonyl (C=O) groups excluding carboxylic acids is 1. The summed E-state index contributed by atoms with van der Waals surface area (Å²) >= 11 is 0. The van der Waals surface area contributed by atoms with Crippen LogP contribution < -0.4 is 10.2 Å². The summed E-state index contributed by atoms with van der Waals surface area (Å²) < 4.78 is 10.6. The van der Waals surface area contributed by atoms with Crippen LogP contribution >= 0.6 is 0 Å². The van der Waals surface area contributed by atoms with Gasteiger partial charge in [0, 0.05) is 25.9 Å². The fraction of sp³-hybridized carbons (Fsp3) is 0.562. The molecule has 0 bridgehead atoms.